The molecule has 1 aliphatic heterocycles. The number of likely N-dealkylation sites (tertiary alicyclic amines) is 1. The number of nitrogens with zero attached hydrogens (tertiary/aromatic N) is 5. The van der Waals surface area contributed by atoms with E-state index in [-0.39, 0.29) is 17.9 Å². The van der Waals surface area contributed by atoms with Crippen molar-refractivity contribution in [2.75, 3.05) is 18.4 Å². The molecule has 4 rings (SSSR count). The first-order chi connectivity index (χ1) is 12.0. The van der Waals surface area contributed by atoms with Gasteiger partial charge < -0.3 is 14.8 Å². The Balaban J connectivity index is 1.59. The van der Waals surface area contributed by atoms with Crippen LogP contribution >= 0.6 is 0 Å². The second kappa shape index (κ2) is 6.13. The van der Waals surface area contributed by atoms with E-state index in [0.29, 0.717) is 19.0 Å². The zero-order valence-electron chi connectivity index (χ0n) is 14.9. The quantitative estimate of drug-likeness (QED) is 0.919. The SMILES string of the molecule is CC(=O)N1C[C@@H](Nc2cc(C)nc(C3CC3)n2)[C@H](c2cn(C)cn2)C1. The molecule has 0 spiro atoms. The first kappa shape index (κ1) is 16.1. The topological polar surface area (TPSA) is 75.9 Å². The number of rotatable bonds is 4. The summed E-state index contributed by atoms with van der Waals surface area (Å²) in [4.78, 5) is 27.5. The molecule has 1 aliphatic carbocycles. The number of carbonyl (C=O) groups excluding carboxylic acids is 1. The minimum Gasteiger partial charge on any atom is -0.365 e. The third-order valence-electron chi connectivity index (χ3n) is 5.02. The number of hydrogen-bond donors (Lipinski definition) is 1. The van der Waals surface area contributed by atoms with Crippen LogP contribution in [0.1, 0.15) is 48.8 Å². The summed E-state index contributed by atoms with van der Waals surface area (Å²) in [6.45, 7) is 4.98. The molecule has 3 heterocycles. The highest BCUT2D eigenvalue weighted by Crippen LogP contribution is 2.38. The monoisotopic (exact) mass is 340 g/mol. The first-order valence-corrected chi connectivity index (χ1v) is 8.85. The predicted molar refractivity (Wildman–Crippen MR) is 94.4 cm³/mol. The molecule has 2 aliphatic rings. The van der Waals surface area contributed by atoms with Crippen LogP contribution in [-0.2, 0) is 11.8 Å². The van der Waals surface area contributed by atoms with Gasteiger partial charge in [-0.05, 0) is 19.8 Å². The molecule has 7 nitrogen and oxygen atoms in total. The lowest BCUT2D eigenvalue weighted by Gasteiger charge is -2.19. The van der Waals surface area contributed by atoms with Crippen LogP contribution in [0.25, 0.3) is 0 Å². The average molecular weight is 340 g/mol. The Kier molecular flexibility index (Phi) is 3.94. The molecule has 0 unspecified atom stereocenters. The summed E-state index contributed by atoms with van der Waals surface area (Å²) >= 11 is 0. The molecule has 2 atom stereocenters. The average Bonchev–Trinajstić information content (AvgIpc) is 3.19. The Hall–Kier alpha value is -2.44. The Labute approximate surface area is 147 Å². The largest absolute Gasteiger partial charge is 0.365 e. The fourth-order valence-electron chi connectivity index (χ4n) is 3.51. The van der Waals surface area contributed by atoms with Crippen LogP contribution < -0.4 is 5.32 Å². The summed E-state index contributed by atoms with van der Waals surface area (Å²) in [6, 6.07) is 2.08. The lowest BCUT2D eigenvalue weighted by molar-refractivity contribution is -0.127. The van der Waals surface area contributed by atoms with Crippen LogP contribution in [0.2, 0.25) is 0 Å². The fourth-order valence-corrected chi connectivity index (χ4v) is 3.51. The van der Waals surface area contributed by atoms with Crippen molar-refractivity contribution in [3.05, 3.63) is 35.8 Å². The fraction of sp³-hybridized carbons (Fsp3) is 0.556. The van der Waals surface area contributed by atoms with Gasteiger partial charge in [-0.1, -0.05) is 0 Å². The summed E-state index contributed by atoms with van der Waals surface area (Å²) in [7, 11) is 1.96. The van der Waals surface area contributed by atoms with E-state index in [2.05, 4.69) is 15.3 Å². The number of nitrogens with one attached hydrogen (secondary N) is 1. The van der Waals surface area contributed by atoms with E-state index in [4.69, 9.17) is 4.98 Å². The number of hydrogen-bond acceptors (Lipinski definition) is 5. The normalized spacial score (nSPS) is 23.1. The van der Waals surface area contributed by atoms with Crippen LogP contribution in [0.3, 0.4) is 0 Å². The smallest absolute Gasteiger partial charge is 0.219 e. The summed E-state index contributed by atoms with van der Waals surface area (Å²) in [5.41, 5.74) is 1.99. The molecule has 1 saturated carbocycles. The van der Waals surface area contributed by atoms with Crippen molar-refractivity contribution < 1.29 is 4.79 Å². The molecule has 25 heavy (non-hydrogen) atoms. The van der Waals surface area contributed by atoms with Crippen LogP contribution in [0.15, 0.2) is 18.6 Å². The van der Waals surface area contributed by atoms with Gasteiger partial charge >= 0.3 is 0 Å². The van der Waals surface area contributed by atoms with E-state index in [1.807, 2.05) is 42.0 Å². The number of aromatic nitrogens is 4. The standard InChI is InChI=1S/C18H24N6O/c1-11-6-17(22-18(20-11)13-4-5-13)21-16-9-24(12(2)25)7-14(16)15-8-23(3)10-19-15/h6,8,10,13-14,16H,4-5,7,9H2,1-3H3,(H,20,21,22)/t14-,16+/m0/s1. The number of aryl methyl sites for hydroxylation is 2. The molecule has 2 aromatic heterocycles. The van der Waals surface area contributed by atoms with Gasteiger partial charge in [-0.3, -0.25) is 4.79 Å². The molecule has 7 heteroatoms. The number of amides is 1. The van der Waals surface area contributed by atoms with Crippen LogP contribution in [-0.4, -0.2) is 49.5 Å². The van der Waals surface area contributed by atoms with Crippen molar-refractivity contribution in [3.63, 3.8) is 0 Å². The molecule has 132 valence electrons. The highest BCUT2D eigenvalue weighted by Gasteiger charge is 2.37. The van der Waals surface area contributed by atoms with Gasteiger partial charge in [-0.25, -0.2) is 15.0 Å². The minimum absolute atomic E-state index is 0.0974. The Morgan fingerprint density at radius 1 is 1.28 bits per heavy atom. The van der Waals surface area contributed by atoms with Gasteiger partial charge in [0.05, 0.1) is 18.1 Å². The molecule has 1 amide bonds. The minimum atomic E-state index is 0.0974. The number of imidazole rings is 1. The Morgan fingerprint density at radius 3 is 2.72 bits per heavy atom. The molecular weight excluding hydrogens is 316 g/mol. The maximum Gasteiger partial charge on any atom is 0.219 e. The summed E-state index contributed by atoms with van der Waals surface area (Å²) < 4.78 is 1.95. The molecular formula is C18H24N6O. The van der Waals surface area contributed by atoms with Gasteiger partial charge in [0.25, 0.3) is 0 Å². The second-order valence-electron chi connectivity index (χ2n) is 7.27. The van der Waals surface area contributed by atoms with Crippen LogP contribution in [0.4, 0.5) is 5.82 Å². The highest BCUT2D eigenvalue weighted by atomic mass is 16.2. The highest BCUT2D eigenvalue weighted by molar-refractivity contribution is 5.74. The zero-order chi connectivity index (χ0) is 17.6. The summed E-state index contributed by atoms with van der Waals surface area (Å²) in [5.74, 6) is 2.57. The second-order valence-corrected chi connectivity index (χ2v) is 7.27. The molecule has 2 fully saturated rings. The maximum absolute atomic E-state index is 11.9. The number of anilines is 1. The van der Waals surface area contributed by atoms with Gasteiger partial charge in [-0.15, -0.1) is 0 Å². The lowest BCUT2D eigenvalue weighted by Crippen LogP contribution is -2.30. The van der Waals surface area contributed by atoms with E-state index in [1.54, 1.807) is 6.92 Å². The zero-order valence-corrected chi connectivity index (χ0v) is 14.9. The van der Waals surface area contributed by atoms with Crippen LogP contribution in [0, 0.1) is 6.92 Å². The summed E-state index contributed by atoms with van der Waals surface area (Å²) in [6.07, 6.45) is 6.20. The molecule has 2 aromatic rings. The molecule has 1 N–H and O–H groups in total. The van der Waals surface area contributed by atoms with Gasteiger partial charge in [0.1, 0.15) is 11.6 Å². The molecule has 0 radical (unpaired) electrons. The Morgan fingerprint density at radius 2 is 2.08 bits per heavy atom. The third kappa shape index (κ3) is 3.36. The van der Waals surface area contributed by atoms with Gasteiger partial charge in [0, 0.05) is 56.9 Å². The van der Waals surface area contributed by atoms with Crippen molar-refractivity contribution in [2.24, 2.45) is 7.05 Å². The van der Waals surface area contributed by atoms with E-state index in [9.17, 15) is 4.79 Å². The molecule has 0 aromatic carbocycles. The van der Waals surface area contributed by atoms with Gasteiger partial charge in [0.2, 0.25) is 5.91 Å². The van der Waals surface area contributed by atoms with Gasteiger partial charge in [-0.2, -0.15) is 0 Å². The van der Waals surface area contributed by atoms with Crippen molar-refractivity contribution in [1.29, 1.82) is 0 Å². The first-order valence-electron chi connectivity index (χ1n) is 8.85. The van der Waals surface area contributed by atoms with E-state index in [0.717, 1.165) is 23.0 Å². The predicted octanol–water partition coefficient (Wildman–Crippen LogP) is 1.82. The Bertz CT molecular complexity index is 797. The van der Waals surface area contributed by atoms with E-state index >= 15 is 0 Å². The summed E-state index contributed by atoms with van der Waals surface area (Å²) in [5, 5.41) is 3.55. The van der Waals surface area contributed by atoms with Crippen molar-refractivity contribution in [2.45, 2.75) is 44.6 Å². The van der Waals surface area contributed by atoms with Crippen molar-refractivity contribution in [1.82, 2.24) is 24.4 Å². The van der Waals surface area contributed by atoms with Crippen molar-refractivity contribution >= 4 is 11.7 Å². The molecule has 0 bridgehead atoms. The molecule has 1 saturated heterocycles. The van der Waals surface area contributed by atoms with Gasteiger partial charge in [0.15, 0.2) is 0 Å². The third-order valence-corrected chi connectivity index (χ3v) is 5.02. The maximum atomic E-state index is 11.9. The lowest BCUT2D eigenvalue weighted by atomic mass is 10.0. The van der Waals surface area contributed by atoms with Crippen LogP contribution in [0.5, 0.6) is 0 Å². The number of carbonyl (C=O) groups is 1. The van der Waals surface area contributed by atoms with E-state index < -0.39 is 0 Å². The van der Waals surface area contributed by atoms with E-state index in [1.165, 1.54) is 12.8 Å². The van der Waals surface area contributed by atoms with Crippen molar-refractivity contribution in [3.8, 4) is 0 Å².